The number of fused-ring (bicyclic) bond motifs is 2. The van der Waals surface area contributed by atoms with E-state index in [-0.39, 0.29) is 6.04 Å². The van der Waals surface area contributed by atoms with Crippen molar-refractivity contribution in [2.24, 2.45) is 0 Å². The lowest BCUT2D eigenvalue weighted by atomic mass is 9.84. The van der Waals surface area contributed by atoms with Crippen LogP contribution in [0.2, 0.25) is 0 Å². The van der Waals surface area contributed by atoms with Crippen molar-refractivity contribution < 1.29 is 5.11 Å². The summed E-state index contributed by atoms with van der Waals surface area (Å²) in [6.07, 6.45) is 6.87. The van der Waals surface area contributed by atoms with Crippen LogP contribution in [0.15, 0.2) is 36.7 Å². The van der Waals surface area contributed by atoms with Crippen LogP contribution in [0.25, 0.3) is 10.8 Å². The summed E-state index contributed by atoms with van der Waals surface area (Å²) >= 11 is 0. The Balaban J connectivity index is 1.90. The molecule has 3 heteroatoms. The minimum Gasteiger partial charge on any atom is -0.383 e. The van der Waals surface area contributed by atoms with E-state index in [1.54, 1.807) is 0 Å². The Morgan fingerprint density at radius 3 is 3.05 bits per heavy atom. The molecule has 2 fully saturated rings. The third-order valence-corrected chi connectivity index (χ3v) is 4.83. The van der Waals surface area contributed by atoms with E-state index in [4.69, 9.17) is 0 Å². The van der Waals surface area contributed by atoms with Crippen LogP contribution in [0, 0.1) is 0 Å². The van der Waals surface area contributed by atoms with Crippen LogP contribution in [0.3, 0.4) is 0 Å². The highest BCUT2D eigenvalue weighted by atomic mass is 16.3. The maximum atomic E-state index is 11.2. The lowest BCUT2D eigenvalue weighted by Gasteiger charge is -2.31. The summed E-state index contributed by atoms with van der Waals surface area (Å²) in [4.78, 5) is 6.77. The second-order valence-electron chi connectivity index (χ2n) is 5.78. The predicted octanol–water partition coefficient (Wildman–Crippen LogP) is 2.29. The van der Waals surface area contributed by atoms with Gasteiger partial charge in [0.25, 0.3) is 0 Å². The van der Waals surface area contributed by atoms with E-state index < -0.39 is 5.60 Å². The Morgan fingerprint density at radius 1 is 1.21 bits per heavy atom. The van der Waals surface area contributed by atoms with Gasteiger partial charge < -0.3 is 5.11 Å². The fourth-order valence-electron chi connectivity index (χ4n) is 3.89. The van der Waals surface area contributed by atoms with E-state index in [1.165, 1.54) is 6.42 Å². The second-order valence-corrected chi connectivity index (χ2v) is 5.78. The first-order valence-electron chi connectivity index (χ1n) is 7.09. The summed E-state index contributed by atoms with van der Waals surface area (Å²) in [5.41, 5.74) is 0.296. The first kappa shape index (κ1) is 11.4. The standard InChI is InChI=1S/C16H18N2O/c19-16(7-9-18-8-3-6-15(16)18)14-11-17-10-12-4-1-2-5-13(12)14/h1-2,4-5,10-11,15,19H,3,6-9H2. The number of benzene rings is 1. The topological polar surface area (TPSA) is 36.4 Å². The smallest absolute Gasteiger partial charge is 0.108 e. The Kier molecular flexibility index (Phi) is 2.41. The molecule has 2 aromatic rings. The van der Waals surface area contributed by atoms with Crippen LogP contribution in [-0.4, -0.2) is 34.1 Å². The first-order valence-corrected chi connectivity index (χ1v) is 7.09. The maximum Gasteiger partial charge on any atom is 0.108 e. The Labute approximate surface area is 112 Å². The maximum absolute atomic E-state index is 11.2. The summed E-state index contributed by atoms with van der Waals surface area (Å²) in [6, 6.07) is 8.50. The molecular formula is C16H18N2O. The molecule has 98 valence electrons. The van der Waals surface area contributed by atoms with Crippen molar-refractivity contribution in [3.63, 3.8) is 0 Å². The fourth-order valence-corrected chi connectivity index (χ4v) is 3.89. The quantitative estimate of drug-likeness (QED) is 0.848. The van der Waals surface area contributed by atoms with E-state index in [9.17, 15) is 5.11 Å². The molecule has 3 heterocycles. The summed E-state index contributed by atoms with van der Waals surface area (Å²) in [5.74, 6) is 0. The Hall–Kier alpha value is -1.45. The summed E-state index contributed by atoms with van der Waals surface area (Å²) in [5, 5.41) is 13.5. The molecule has 0 saturated carbocycles. The molecule has 0 amide bonds. The molecule has 2 saturated heterocycles. The highest BCUT2D eigenvalue weighted by molar-refractivity contribution is 5.85. The highest BCUT2D eigenvalue weighted by Gasteiger charge is 2.49. The number of hydrogen-bond donors (Lipinski definition) is 1. The summed E-state index contributed by atoms with van der Waals surface area (Å²) in [6.45, 7) is 2.13. The average molecular weight is 254 g/mol. The van der Waals surface area contributed by atoms with E-state index in [0.29, 0.717) is 0 Å². The van der Waals surface area contributed by atoms with Gasteiger partial charge in [0.15, 0.2) is 0 Å². The summed E-state index contributed by atoms with van der Waals surface area (Å²) in [7, 11) is 0. The number of hydrogen-bond acceptors (Lipinski definition) is 3. The molecule has 0 bridgehead atoms. The molecule has 2 aliphatic heterocycles. The molecule has 2 atom stereocenters. The minimum atomic E-state index is -0.718. The number of aliphatic hydroxyl groups is 1. The molecule has 1 aromatic heterocycles. The molecule has 0 aliphatic carbocycles. The van der Waals surface area contributed by atoms with Gasteiger partial charge in [0, 0.05) is 35.9 Å². The zero-order chi connectivity index (χ0) is 12.9. The third kappa shape index (κ3) is 1.55. The molecule has 1 aromatic carbocycles. The third-order valence-electron chi connectivity index (χ3n) is 4.83. The lowest BCUT2D eigenvalue weighted by molar-refractivity contribution is 0.0105. The van der Waals surface area contributed by atoms with E-state index in [1.807, 2.05) is 24.5 Å². The van der Waals surface area contributed by atoms with Crippen LogP contribution in [0.5, 0.6) is 0 Å². The van der Waals surface area contributed by atoms with E-state index in [2.05, 4.69) is 22.0 Å². The van der Waals surface area contributed by atoms with Crippen LogP contribution < -0.4 is 0 Å². The van der Waals surface area contributed by atoms with Gasteiger partial charge in [-0.25, -0.2) is 0 Å². The van der Waals surface area contributed by atoms with Gasteiger partial charge in [-0.3, -0.25) is 9.88 Å². The van der Waals surface area contributed by atoms with Crippen molar-refractivity contribution in [3.8, 4) is 0 Å². The highest BCUT2D eigenvalue weighted by Crippen LogP contribution is 2.44. The molecular weight excluding hydrogens is 236 g/mol. The zero-order valence-electron chi connectivity index (χ0n) is 10.9. The van der Waals surface area contributed by atoms with Crippen LogP contribution in [-0.2, 0) is 5.60 Å². The van der Waals surface area contributed by atoms with Gasteiger partial charge in [0.05, 0.1) is 0 Å². The molecule has 19 heavy (non-hydrogen) atoms. The number of rotatable bonds is 1. The van der Waals surface area contributed by atoms with E-state index >= 15 is 0 Å². The Morgan fingerprint density at radius 2 is 2.11 bits per heavy atom. The van der Waals surface area contributed by atoms with Crippen molar-refractivity contribution in [2.75, 3.05) is 13.1 Å². The van der Waals surface area contributed by atoms with Crippen molar-refractivity contribution in [2.45, 2.75) is 30.9 Å². The van der Waals surface area contributed by atoms with Gasteiger partial charge in [-0.05, 0) is 31.2 Å². The monoisotopic (exact) mass is 254 g/mol. The summed E-state index contributed by atoms with van der Waals surface area (Å²) < 4.78 is 0. The van der Waals surface area contributed by atoms with Crippen molar-refractivity contribution >= 4 is 10.8 Å². The fraction of sp³-hybridized carbons (Fsp3) is 0.438. The molecule has 1 N–H and O–H groups in total. The molecule has 2 unspecified atom stereocenters. The van der Waals surface area contributed by atoms with Gasteiger partial charge in [-0.1, -0.05) is 24.3 Å². The zero-order valence-corrected chi connectivity index (χ0v) is 10.9. The second kappa shape index (κ2) is 4.02. The van der Waals surface area contributed by atoms with Crippen molar-refractivity contribution in [3.05, 3.63) is 42.2 Å². The molecule has 0 radical (unpaired) electrons. The molecule has 0 spiro atoms. The van der Waals surface area contributed by atoms with Gasteiger partial charge in [0.2, 0.25) is 0 Å². The van der Waals surface area contributed by atoms with Gasteiger partial charge >= 0.3 is 0 Å². The minimum absolute atomic E-state index is 0.278. The van der Waals surface area contributed by atoms with E-state index in [0.717, 1.165) is 42.3 Å². The number of pyridine rings is 1. The van der Waals surface area contributed by atoms with Crippen LogP contribution >= 0.6 is 0 Å². The number of aromatic nitrogens is 1. The average Bonchev–Trinajstić information content (AvgIpc) is 3.03. The normalized spacial score (nSPS) is 30.9. The van der Waals surface area contributed by atoms with Crippen LogP contribution in [0.4, 0.5) is 0 Å². The lowest BCUT2D eigenvalue weighted by Crippen LogP contribution is -2.38. The van der Waals surface area contributed by atoms with Gasteiger partial charge in [0.1, 0.15) is 5.60 Å². The number of nitrogens with zero attached hydrogens (tertiary/aromatic N) is 2. The van der Waals surface area contributed by atoms with Crippen molar-refractivity contribution in [1.29, 1.82) is 0 Å². The Bertz CT molecular complexity index is 622. The van der Waals surface area contributed by atoms with Gasteiger partial charge in [-0.2, -0.15) is 0 Å². The molecule has 3 nitrogen and oxygen atoms in total. The molecule has 2 aliphatic rings. The van der Waals surface area contributed by atoms with Crippen molar-refractivity contribution in [1.82, 2.24) is 9.88 Å². The largest absolute Gasteiger partial charge is 0.383 e. The predicted molar refractivity (Wildman–Crippen MR) is 74.9 cm³/mol. The SMILES string of the molecule is OC1(c2cncc3ccccc23)CCN2CCCC21. The first-order chi connectivity index (χ1) is 9.29. The van der Waals surface area contributed by atoms with Gasteiger partial charge in [-0.15, -0.1) is 0 Å². The molecule has 4 rings (SSSR count). The van der Waals surface area contributed by atoms with Crippen LogP contribution in [0.1, 0.15) is 24.8 Å².